The summed E-state index contributed by atoms with van der Waals surface area (Å²) in [5, 5.41) is 3.98. The van der Waals surface area contributed by atoms with Crippen molar-refractivity contribution in [1.82, 2.24) is 9.78 Å². The molecular formula is C10H11ClN2O. The molecule has 4 heteroatoms. The van der Waals surface area contributed by atoms with Crippen LogP contribution in [0.25, 0.3) is 0 Å². The SMILES string of the molecule is CCCC#Cc1cnn(C)c(=O)c1Cl. The molecule has 1 heterocycles. The minimum Gasteiger partial charge on any atom is -0.266 e. The van der Waals surface area contributed by atoms with E-state index in [2.05, 4.69) is 16.9 Å². The normalized spacial score (nSPS) is 9.36. The molecule has 0 atom stereocenters. The summed E-state index contributed by atoms with van der Waals surface area (Å²) in [5.41, 5.74) is 0.193. The van der Waals surface area contributed by atoms with Gasteiger partial charge >= 0.3 is 0 Å². The van der Waals surface area contributed by atoms with E-state index in [1.807, 2.05) is 6.92 Å². The van der Waals surface area contributed by atoms with Gasteiger partial charge < -0.3 is 0 Å². The molecule has 0 unspecified atom stereocenters. The lowest BCUT2D eigenvalue weighted by Gasteiger charge is -1.97. The lowest BCUT2D eigenvalue weighted by molar-refractivity contribution is 0.706. The Bertz CT molecular complexity index is 440. The molecule has 0 amide bonds. The molecule has 3 nitrogen and oxygen atoms in total. The highest BCUT2D eigenvalue weighted by Gasteiger charge is 2.03. The van der Waals surface area contributed by atoms with E-state index in [1.165, 1.54) is 10.9 Å². The van der Waals surface area contributed by atoms with Gasteiger partial charge in [-0.1, -0.05) is 30.4 Å². The Balaban J connectivity index is 3.08. The molecule has 0 bridgehead atoms. The zero-order valence-electron chi connectivity index (χ0n) is 8.17. The second-order valence-corrected chi connectivity index (χ2v) is 3.23. The van der Waals surface area contributed by atoms with Crippen LogP contribution in [-0.4, -0.2) is 9.78 Å². The molecule has 74 valence electrons. The van der Waals surface area contributed by atoms with Crippen LogP contribution in [-0.2, 0) is 7.05 Å². The third-order valence-electron chi connectivity index (χ3n) is 1.68. The third kappa shape index (κ3) is 2.36. The van der Waals surface area contributed by atoms with Crippen LogP contribution in [0.1, 0.15) is 25.3 Å². The fourth-order valence-corrected chi connectivity index (χ4v) is 1.10. The van der Waals surface area contributed by atoms with Crippen LogP contribution in [0, 0.1) is 11.8 Å². The Labute approximate surface area is 87.7 Å². The van der Waals surface area contributed by atoms with Crippen molar-refractivity contribution < 1.29 is 0 Å². The molecule has 1 rings (SSSR count). The van der Waals surface area contributed by atoms with E-state index in [0.29, 0.717) is 5.56 Å². The van der Waals surface area contributed by atoms with Gasteiger partial charge in [-0.15, -0.1) is 0 Å². The molecule has 0 aliphatic carbocycles. The molecule has 0 saturated carbocycles. The molecule has 0 aliphatic heterocycles. The van der Waals surface area contributed by atoms with Crippen LogP contribution in [0.3, 0.4) is 0 Å². The highest BCUT2D eigenvalue weighted by atomic mass is 35.5. The molecule has 0 aromatic carbocycles. The van der Waals surface area contributed by atoms with Crippen molar-refractivity contribution in [3.63, 3.8) is 0 Å². The second kappa shape index (κ2) is 4.83. The van der Waals surface area contributed by atoms with Gasteiger partial charge in [0.25, 0.3) is 5.56 Å². The number of aromatic nitrogens is 2. The largest absolute Gasteiger partial charge is 0.286 e. The van der Waals surface area contributed by atoms with Gasteiger partial charge in [-0.2, -0.15) is 5.10 Å². The number of aryl methyl sites for hydroxylation is 1. The monoisotopic (exact) mass is 210 g/mol. The topological polar surface area (TPSA) is 34.9 Å². The summed E-state index contributed by atoms with van der Waals surface area (Å²) in [4.78, 5) is 11.3. The second-order valence-electron chi connectivity index (χ2n) is 2.85. The number of halogens is 1. The van der Waals surface area contributed by atoms with E-state index < -0.39 is 0 Å². The number of hydrogen-bond donors (Lipinski definition) is 0. The van der Waals surface area contributed by atoms with Crippen molar-refractivity contribution in [2.24, 2.45) is 7.05 Å². The van der Waals surface area contributed by atoms with Gasteiger partial charge in [0.1, 0.15) is 5.02 Å². The maximum Gasteiger partial charge on any atom is 0.286 e. The summed E-state index contributed by atoms with van der Waals surface area (Å²) in [5.74, 6) is 5.74. The molecule has 1 aromatic rings. The Morgan fingerprint density at radius 1 is 1.64 bits per heavy atom. The first-order valence-corrected chi connectivity index (χ1v) is 4.75. The highest BCUT2D eigenvalue weighted by Crippen LogP contribution is 2.06. The minimum absolute atomic E-state index is 0.145. The van der Waals surface area contributed by atoms with Gasteiger partial charge in [0, 0.05) is 13.5 Å². The fourth-order valence-electron chi connectivity index (χ4n) is 0.881. The van der Waals surface area contributed by atoms with Crippen LogP contribution in [0.4, 0.5) is 0 Å². The van der Waals surface area contributed by atoms with E-state index in [4.69, 9.17) is 11.6 Å². The molecule has 1 aromatic heterocycles. The lowest BCUT2D eigenvalue weighted by atomic mass is 10.3. The van der Waals surface area contributed by atoms with E-state index >= 15 is 0 Å². The molecular weight excluding hydrogens is 200 g/mol. The maximum absolute atomic E-state index is 11.3. The average molecular weight is 211 g/mol. The maximum atomic E-state index is 11.3. The summed E-state index contributed by atoms with van der Waals surface area (Å²) in [6.45, 7) is 2.04. The zero-order chi connectivity index (χ0) is 10.6. The van der Waals surface area contributed by atoms with Gasteiger partial charge in [0.2, 0.25) is 0 Å². The standard InChI is InChI=1S/C10H11ClN2O/c1-3-4-5-6-8-7-12-13(2)10(14)9(8)11/h7H,3-4H2,1-2H3. The first-order valence-electron chi connectivity index (χ1n) is 4.37. The first-order chi connectivity index (χ1) is 6.66. The van der Waals surface area contributed by atoms with Crippen molar-refractivity contribution in [2.75, 3.05) is 0 Å². The Morgan fingerprint density at radius 2 is 2.36 bits per heavy atom. The lowest BCUT2D eigenvalue weighted by Crippen LogP contribution is -2.20. The van der Waals surface area contributed by atoms with Gasteiger partial charge in [0.15, 0.2) is 0 Å². The number of hydrogen-bond acceptors (Lipinski definition) is 2. The van der Waals surface area contributed by atoms with Gasteiger partial charge in [-0.25, -0.2) is 4.68 Å². The molecule has 0 spiro atoms. The van der Waals surface area contributed by atoms with Crippen molar-refractivity contribution in [2.45, 2.75) is 19.8 Å². The summed E-state index contributed by atoms with van der Waals surface area (Å²) in [6, 6.07) is 0. The summed E-state index contributed by atoms with van der Waals surface area (Å²) < 4.78 is 1.19. The van der Waals surface area contributed by atoms with E-state index in [-0.39, 0.29) is 10.6 Å². The Morgan fingerprint density at radius 3 is 3.00 bits per heavy atom. The van der Waals surface area contributed by atoms with E-state index in [1.54, 1.807) is 7.05 Å². The predicted molar refractivity (Wildman–Crippen MR) is 56.3 cm³/mol. The van der Waals surface area contributed by atoms with Crippen LogP contribution >= 0.6 is 11.6 Å². The Kier molecular flexibility index (Phi) is 3.73. The summed E-state index contributed by atoms with van der Waals surface area (Å²) >= 11 is 5.80. The molecule has 0 fully saturated rings. The quantitative estimate of drug-likeness (QED) is 0.660. The Hall–Kier alpha value is -1.27. The average Bonchev–Trinajstić information content (AvgIpc) is 2.18. The molecule has 0 N–H and O–H groups in total. The van der Waals surface area contributed by atoms with Crippen LogP contribution in [0.2, 0.25) is 5.02 Å². The van der Waals surface area contributed by atoms with Crippen LogP contribution in [0.15, 0.2) is 11.0 Å². The number of unbranched alkanes of at least 4 members (excludes halogenated alkanes) is 1. The minimum atomic E-state index is -0.310. The van der Waals surface area contributed by atoms with Crippen molar-refractivity contribution in [3.05, 3.63) is 27.1 Å². The number of rotatable bonds is 1. The van der Waals surface area contributed by atoms with Crippen molar-refractivity contribution in [1.29, 1.82) is 0 Å². The summed E-state index contributed by atoms with van der Waals surface area (Å²) in [7, 11) is 1.55. The number of nitrogens with zero attached hydrogens (tertiary/aromatic N) is 2. The highest BCUT2D eigenvalue weighted by molar-refractivity contribution is 6.31. The van der Waals surface area contributed by atoms with E-state index in [9.17, 15) is 4.79 Å². The zero-order valence-corrected chi connectivity index (χ0v) is 8.93. The smallest absolute Gasteiger partial charge is 0.266 e. The van der Waals surface area contributed by atoms with Crippen LogP contribution in [0.5, 0.6) is 0 Å². The molecule has 0 radical (unpaired) electrons. The van der Waals surface area contributed by atoms with Gasteiger partial charge in [0.05, 0.1) is 11.8 Å². The molecule has 0 aliphatic rings. The molecule has 0 saturated heterocycles. The summed E-state index contributed by atoms with van der Waals surface area (Å²) in [6.07, 6.45) is 3.29. The van der Waals surface area contributed by atoms with Crippen molar-refractivity contribution >= 4 is 11.6 Å². The van der Waals surface area contributed by atoms with Gasteiger partial charge in [-0.05, 0) is 6.42 Å². The predicted octanol–water partition coefficient (Wildman–Crippen LogP) is 1.59. The fraction of sp³-hybridized carbons (Fsp3) is 0.400. The van der Waals surface area contributed by atoms with Gasteiger partial charge in [-0.3, -0.25) is 4.79 Å². The van der Waals surface area contributed by atoms with Crippen LogP contribution < -0.4 is 5.56 Å². The third-order valence-corrected chi connectivity index (χ3v) is 2.04. The first kappa shape index (κ1) is 10.8. The van der Waals surface area contributed by atoms with Crippen molar-refractivity contribution in [3.8, 4) is 11.8 Å². The van der Waals surface area contributed by atoms with E-state index in [0.717, 1.165) is 12.8 Å². The molecule has 14 heavy (non-hydrogen) atoms.